The van der Waals surface area contributed by atoms with E-state index in [1.165, 1.54) is 21.9 Å². The lowest BCUT2D eigenvalue weighted by Crippen LogP contribution is -2.07. The normalized spacial score (nSPS) is 11.4. The minimum atomic E-state index is 0.188. The molecule has 66 heavy (non-hydrogen) atoms. The van der Waals surface area contributed by atoms with Crippen LogP contribution in [0.25, 0.3) is 76.5 Å². The van der Waals surface area contributed by atoms with Gasteiger partial charge in [-0.1, -0.05) is 194 Å². The topological polar surface area (TPSA) is 72.7 Å². The lowest BCUT2D eigenvalue weighted by atomic mass is 9.90. The second-order valence-electron chi connectivity index (χ2n) is 16.4. The molecule has 4 N–H and O–H groups in total. The van der Waals surface area contributed by atoms with Crippen LogP contribution in [0.5, 0.6) is 17.2 Å². The molecule has 0 aromatic heterocycles. The van der Waals surface area contributed by atoms with E-state index in [2.05, 4.69) is 105 Å². The van der Waals surface area contributed by atoms with Crippen LogP contribution in [0, 0.1) is 6.92 Å². The summed E-state index contributed by atoms with van der Waals surface area (Å²) in [6.07, 6.45) is 0. The Bertz CT molecular complexity index is 3160. The number of phenolic OH excluding ortho intramolecular Hbond substituents is 3. The van der Waals surface area contributed by atoms with E-state index in [1.807, 2.05) is 133 Å². The average molecular weight is 876 g/mol. The van der Waals surface area contributed by atoms with E-state index in [0.717, 1.165) is 76.3 Å². The summed E-state index contributed by atoms with van der Waals surface area (Å²) in [5.41, 5.74) is 9.13. The molecule has 4 nitrogen and oxygen atoms in total. The molecule has 0 saturated carbocycles. The smallest absolute Gasteiger partial charge is 0.124 e. The summed E-state index contributed by atoms with van der Waals surface area (Å²) in [6.45, 7) is 4.24. The molecule has 11 aromatic carbocycles. The van der Waals surface area contributed by atoms with Crippen LogP contribution in [0.2, 0.25) is 0 Å². The number of hydrogen-bond donors (Lipinski definition) is 5. The molecule has 322 valence electrons. The van der Waals surface area contributed by atoms with Crippen LogP contribution in [-0.2, 0) is 0 Å². The third-order valence-corrected chi connectivity index (χ3v) is 12.5. The summed E-state index contributed by atoms with van der Waals surface area (Å²) in [6, 6.07) is 74.6. The number of thiol groups is 1. The van der Waals surface area contributed by atoms with Crippen LogP contribution in [0.15, 0.2) is 229 Å². The van der Waals surface area contributed by atoms with Crippen molar-refractivity contribution in [2.75, 3.05) is 5.32 Å². The van der Waals surface area contributed by atoms with Gasteiger partial charge in [0, 0.05) is 44.4 Å². The first kappa shape index (κ1) is 43.3. The van der Waals surface area contributed by atoms with Gasteiger partial charge in [0.25, 0.3) is 0 Å². The fourth-order valence-electron chi connectivity index (χ4n) is 8.88. The fraction of sp³-hybridized carbons (Fsp3) is 0.0492. The molecule has 0 fully saturated rings. The molecule has 0 aliphatic rings. The zero-order valence-corrected chi connectivity index (χ0v) is 37.6. The first-order valence-corrected chi connectivity index (χ1v) is 22.5. The number of aromatic hydroxyl groups is 3. The van der Waals surface area contributed by atoms with Crippen molar-refractivity contribution in [3.63, 3.8) is 0 Å². The number of para-hydroxylation sites is 2. The maximum Gasteiger partial charge on any atom is 0.124 e. The Hall–Kier alpha value is -7.99. The number of aryl methyl sites for hydroxylation is 1. The van der Waals surface area contributed by atoms with E-state index in [0.29, 0.717) is 11.5 Å². The Morgan fingerprint density at radius 3 is 1.33 bits per heavy atom. The molecule has 5 heteroatoms. The monoisotopic (exact) mass is 875 g/mol. The van der Waals surface area contributed by atoms with Crippen molar-refractivity contribution in [3.8, 4) is 50.6 Å². The average Bonchev–Trinajstić information content (AvgIpc) is 3.36. The van der Waals surface area contributed by atoms with Gasteiger partial charge in [-0.2, -0.15) is 0 Å². The predicted octanol–water partition coefficient (Wildman–Crippen LogP) is 16.6. The minimum Gasteiger partial charge on any atom is -0.507 e. The Morgan fingerprint density at radius 2 is 0.773 bits per heavy atom. The Labute approximate surface area is 391 Å². The third-order valence-electron chi connectivity index (χ3n) is 12.2. The maximum absolute atomic E-state index is 10.5. The first-order chi connectivity index (χ1) is 32.3. The van der Waals surface area contributed by atoms with Crippen LogP contribution in [-0.4, -0.2) is 15.3 Å². The second kappa shape index (κ2) is 19.4. The SMILES string of the molecule is C[C@@H](Nc1ccccc1-c1ccccc1O)c1ccccc1.Cc1ccc2ccccc2c1-c1c(O)ccc2ccccc12.Oc1ccc2ccccc2c1-c1c(S)ccc2ccccc12. The zero-order valence-electron chi connectivity index (χ0n) is 36.7. The maximum atomic E-state index is 10.5. The lowest BCUT2D eigenvalue weighted by Gasteiger charge is -2.19. The van der Waals surface area contributed by atoms with E-state index in [1.54, 1.807) is 18.2 Å². The van der Waals surface area contributed by atoms with Crippen molar-refractivity contribution in [3.05, 3.63) is 236 Å². The summed E-state index contributed by atoms with van der Waals surface area (Å²) in [5.74, 6) is 0.910. The van der Waals surface area contributed by atoms with Crippen LogP contribution < -0.4 is 5.32 Å². The minimum absolute atomic E-state index is 0.188. The third kappa shape index (κ3) is 8.90. The van der Waals surface area contributed by atoms with E-state index >= 15 is 0 Å². The molecule has 0 radical (unpaired) electrons. The van der Waals surface area contributed by atoms with E-state index in [9.17, 15) is 15.3 Å². The van der Waals surface area contributed by atoms with Gasteiger partial charge in [0.05, 0.1) is 0 Å². The largest absolute Gasteiger partial charge is 0.507 e. The quantitative estimate of drug-likeness (QED) is 0.108. The molecule has 11 aromatic rings. The number of fused-ring (bicyclic) bond motifs is 4. The van der Waals surface area contributed by atoms with Crippen LogP contribution in [0.4, 0.5) is 5.69 Å². The van der Waals surface area contributed by atoms with Crippen LogP contribution in [0.3, 0.4) is 0 Å². The molecule has 0 amide bonds. The van der Waals surface area contributed by atoms with Crippen LogP contribution >= 0.6 is 12.6 Å². The van der Waals surface area contributed by atoms with Gasteiger partial charge in [-0.3, -0.25) is 0 Å². The molecule has 0 saturated heterocycles. The Balaban J connectivity index is 0.000000124. The molecular weight excluding hydrogens is 827 g/mol. The highest BCUT2D eigenvalue weighted by molar-refractivity contribution is 7.80. The van der Waals surface area contributed by atoms with Gasteiger partial charge in [-0.05, 0) is 104 Å². The van der Waals surface area contributed by atoms with Gasteiger partial charge >= 0.3 is 0 Å². The van der Waals surface area contributed by atoms with Crippen molar-refractivity contribution in [2.45, 2.75) is 24.8 Å². The first-order valence-electron chi connectivity index (χ1n) is 22.1. The summed E-state index contributed by atoms with van der Waals surface area (Å²) in [7, 11) is 0. The molecule has 0 heterocycles. The number of phenols is 3. The number of anilines is 1. The van der Waals surface area contributed by atoms with Gasteiger partial charge in [0.2, 0.25) is 0 Å². The van der Waals surface area contributed by atoms with Crippen molar-refractivity contribution in [1.82, 2.24) is 0 Å². The molecule has 1 atom stereocenters. The zero-order chi connectivity index (χ0) is 45.6. The number of nitrogens with one attached hydrogen (secondary N) is 1. The molecule has 0 aliphatic carbocycles. The lowest BCUT2D eigenvalue weighted by molar-refractivity contribution is 0.477. The van der Waals surface area contributed by atoms with Crippen molar-refractivity contribution in [2.24, 2.45) is 0 Å². The molecule has 11 rings (SSSR count). The van der Waals surface area contributed by atoms with Gasteiger partial charge in [-0.15, -0.1) is 12.6 Å². The highest BCUT2D eigenvalue weighted by Crippen LogP contribution is 2.44. The molecular formula is C61H49NO3S. The van der Waals surface area contributed by atoms with E-state index in [4.69, 9.17) is 0 Å². The summed E-state index contributed by atoms with van der Waals surface area (Å²) in [5, 5.41) is 43.7. The highest BCUT2D eigenvalue weighted by Gasteiger charge is 2.17. The molecule has 0 bridgehead atoms. The predicted molar refractivity (Wildman–Crippen MR) is 281 cm³/mol. The van der Waals surface area contributed by atoms with Crippen molar-refractivity contribution in [1.29, 1.82) is 0 Å². The van der Waals surface area contributed by atoms with Gasteiger partial charge in [0.15, 0.2) is 0 Å². The Kier molecular flexibility index (Phi) is 12.7. The number of hydrogen-bond acceptors (Lipinski definition) is 5. The molecule has 0 aliphatic heterocycles. The molecule has 0 spiro atoms. The van der Waals surface area contributed by atoms with Gasteiger partial charge < -0.3 is 20.6 Å². The van der Waals surface area contributed by atoms with E-state index in [-0.39, 0.29) is 11.8 Å². The summed E-state index contributed by atoms with van der Waals surface area (Å²) < 4.78 is 0. The van der Waals surface area contributed by atoms with Gasteiger partial charge in [0.1, 0.15) is 17.2 Å². The van der Waals surface area contributed by atoms with Crippen molar-refractivity contribution < 1.29 is 15.3 Å². The second-order valence-corrected chi connectivity index (χ2v) is 16.8. The molecule has 0 unspecified atom stereocenters. The van der Waals surface area contributed by atoms with Gasteiger partial charge in [-0.25, -0.2) is 0 Å². The highest BCUT2D eigenvalue weighted by atomic mass is 32.1. The number of benzene rings is 11. The Morgan fingerprint density at radius 1 is 0.364 bits per heavy atom. The summed E-state index contributed by atoms with van der Waals surface area (Å²) >= 11 is 4.65. The standard InChI is InChI=1S/C21H16O.C20H19NO.C20H14OS/c1-14-10-11-15-6-2-4-8-17(15)20(14)21-18-9-5-3-7-16(18)12-13-19(21)22;1-15(16-9-3-2-4-10-16)21-19-13-7-5-11-17(19)18-12-6-8-14-20(18)22;21-17-11-9-13-5-1-3-7-15(13)19(17)20-16-8-4-2-6-14(16)10-12-18(20)22/h2-13,22H,1H3;2-15,21-22H,1H3;1-12,21-22H/t;15-;/m.1./s1. The summed E-state index contributed by atoms with van der Waals surface area (Å²) in [4.78, 5) is 0.866. The number of rotatable bonds is 6. The fourth-order valence-corrected chi connectivity index (χ4v) is 9.19. The van der Waals surface area contributed by atoms with Crippen molar-refractivity contribution >= 4 is 61.4 Å². The van der Waals surface area contributed by atoms with E-state index < -0.39 is 0 Å². The van der Waals surface area contributed by atoms with Crippen LogP contribution in [0.1, 0.15) is 24.1 Å².